The number of carbonyl (C=O) groups is 3. The van der Waals surface area contributed by atoms with Gasteiger partial charge >= 0.3 is 17.9 Å². The van der Waals surface area contributed by atoms with Crippen LogP contribution < -0.4 is 0 Å². The molecule has 0 saturated carbocycles. The second kappa shape index (κ2) is 13.2. The van der Waals surface area contributed by atoms with E-state index in [9.17, 15) is 29.7 Å². The molecule has 3 N–H and O–H groups in total. The van der Waals surface area contributed by atoms with E-state index in [1.54, 1.807) is 54.7 Å². The first-order valence-electron chi connectivity index (χ1n) is 16.9. The third-order valence-corrected chi connectivity index (χ3v) is 10.5. The molecule has 3 aliphatic rings. The van der Waals surface area contributed by atoms with E-state index >= 15 is 0 Å². The Kier molecular flexibility index (Phi) is 8.61. The molecule has 0 fully saturated rings. The topological polar surface area (TPSA) is 112 Å². The highest BCUT2D eigenvalue weighted by atomic mass is 16.4. The number of allylic oxidation sites excluding steroid dienone is 9. The third kappa shape index (κ3) is 5.89. The highest BCUT2D eigenvalue weighted by Gasteiger charge is 2.46. The van der Waals surface area contributed by atoms with Crippen LogP contribution in [-0.4, -0.2) is 33.2 Å². The SMILES string of the molecule is O=C(O)C1(c2cc(C3(C(=O)O)C=CC(c4ccccc4)=CC3)cc(C3(C(=O)O)C=CC(c4ccccc4)=CC3)c2)C=CC(c2ccccc2)=CC1. The summed E-state index contributed by atoms with van der Waals surface area (Å²) in [5.74, 6) is -3.35. The number of benzene rings is 4. The highest BCUT2D eigenvalue weighted by Crippen LogP contribution is 2.46. The minimum Gasteiger partial charge on any atom is -0.480 e. The molecule has 3 unspecified atom stereocenters. The molecule has 0 radical (unpaired) electrons. The van der Waals surface area contributed by atoms with Crippen molar-refractivity contribution in [3.63, 3.8) is 0 Å². The number of carboxylic acids is 3. The molecule has 3 aliphatic carbocycles. The maximum Gasteiger partial charge on any atom is 0.318 e. The van der Waals surface area contributed by atoms with Crippen LogP contribution in [-0.2, 0) is 30.6 Å². The average molecular weight is 673 g/mol. The van der Waals surface area contributed by atoms with Crippen molar-refractivity contribution in [2.24, 2.45) is 0 Å². The Hall–Kier alpha value is -6.27. The monoisotopic (exact) mass is 672 g/mol. The Morgan fingerprint density at radius 2 is 0.667 bits per heavy atom. The molecule has 0 saturated heterocycles. The summed E-state index contributed by atoms with van der Waals surface area (Å²) in [6, 6.07) is 33.9. The van der Waals surface area contributed by atoms with Crippen molar-refractivity contribution < 1.29 is 29.7 Å². The molecule has 0 aliphatic heterocycles. The molecule has 0 spiro atoms. The molecule has 0 amide bonds. The lowest BCUT2D eigenvalue weighted by Crippen LogP contribution is -2.40. The molecule has 0 heterocycles. The van der Waals surface area contributed by atoms with E-state index < -0.39 is 34.2 Å². The lowest BCUT2D eigenvalue weighted by atomic mass is 9.66. The number of aliphatic carboxylic acids is 3. The predicted molar refractivity (Wildman–Crippen MR) is 199 cm³/mol. The van der Waals surface area contributed by atoms with Gasteiger partial charge in [-0.2, -0.15) is 0 Å². The first-order valence-corrected chi connectivity index (χ1v) is 16.9. The minimum atomic E-state index is -1.57. The van der Waals surface area contributed by atoms with Gasteiger partial charge in [0, 0.05) is 0 Å². The Morgan fingerprint density at radius 3 is 0.863 bits per heavy atom. The summed E-state index contributed by atoms with van der Waals surface area (Å²) in [4.78, 5) is 40.1. The summed E-state index contributed by atoms with van der Waals surface area (Å²) >= 11 is 0. The van der Waals surface area contributed by atoms with Crippen LogP contribution in [0.5, 0.6) is 0 Å². The van der Waals surface area contributed by atoms with Crippen molar-refractivity contribution >= 4 is 34.6 Å². The van der Waals surface area contributed by atoms with Crippen molar-refractivity contribution in [3.05, 3.63) is 197 Å². The molecule has 252 valence electrons. The van der Waals surface area contributed by atoms with Gasteiger partial charge in [0.05, 0.1) is 0 Å². The zero-order valence-electron chi connectivity index (χ0n) is 27.8. The third-order valence-electron chi connectivity index (χ3n) is 10.5. The van der Waals surface area contributed by atoms with Crippen molar-refractivity contribution in [3.8, 4) is 0 Å². The molecule has 0 aromatic heterocycles. The smallest absolute Gasteiger partial charge is 0.318 e. The van der Waals surface area contributed by atoms with Crippen LogP contribution in [0.25, 0.3) is 16.7 Å². The Labute approximate surface area is 296 Å². The molecular formula is C45H36O6. The second-order valence-electron chi connectivity index (χ2n) is 13.3. The van der Waals surface area contributed by atoms with Crippen molar-refractivity contribution in [2.75, 3.05) is 0 Å². The van der Waals surface area contributed by atoms with Crippen molar-refractivity contribution in [1.82, 2.24) is 0 Å². The fourth-order valence-electron chi connectivity index (χ4n) is 7.34. The van der Waals surface area contributed by atoms with Gasteiger partial charge in [-0.3, -0.25) is 14.4 Å². The van der Waals surface area contributed by atoms with E-state index in [0.29, 0.717) is 16.7 Å². The maximum atomic E-state index is 13.4. The lowest BCUT2D eigenvalue weighted by molar-refractivity contribution is -0.142. The number of carboxylic acid groups (broad SMARTS) is 3. The summed E-state index contributed by atoms with van der Waals surface area (Å²) < 4.78 is 0. The molecule has 0 bridgehead atoms. The molecular weight excluding hydrogens is 636 g/mol. The Morgan fingerprint density at radius 1 is 0.412 bits per heavy atom. The Bertz CT molecular complexity index is 1940. The average Bonchev–Trinajstić information content (AvgIpc) is 3.18. The van der Waals surface area contributed by atoms with Crippen LogP contribution in [0.1, 0.15) is 52.6 Å². The van der Waals surface area contributed by atoms with Crippen molar-refractivity contribution in [1.29, 1.82) is 0 Å². The van der Waals surface area contributed by atoms with E-state index in [2.05, 4.69) is 0 Å². The molecule has 7 rings (SSSR count). The first kappa shape index (κ1) is 33.2. The normalized spacial score (nSPS) is 23.9. The quantitative estimate of drug-likeness (QED) is 0.164. The number of hydrogen-bond acceptors (Lipinski definition) is 3. The second-order valence-corrected chi connectivity index (χ2v) is 13.3. The molecule has 51 heavy (non-hydrogen) atoms. The van der Waals surface area contributed by atoms with Gasteiger partial charge in [0.2, 0.25) is 0 Å². The van der Waals surface area contributed by atoms with Gasteiger partial charge in [-0.15, -0.1) is 0 Å². The van der Waals surface area contributed by atoms with E-state index in [-0.39, 0.29) is 19.3 Å². The number of rotatable bonds is 9. The molecule has 4 aromatic carbocycles. The zero-order valence-corrected chi connectivity index (χ0v) is 27.8. The zero-order chi connectivity index (χ0) is 35.6. The fourth-order valence-corrected chi connectivity index (χ4v) is 7.34. The maximum absolute atomic E-state index is 13.4. The molecule has 3 atom stereocenters. The summed E-state index contributed by atoms with van der Waals surface area (Å²) in [6.45, 7) is 0. The highest BCUT2D eigenvalue weighted by molar-refractivity contribution is 5.93. The van der Waals surface area contributed by atoms with E-state index in [1.807, 2.05) is 109 Å². The summed E-state index contributed by atoms with van der Waals surface area (Å²) in [5.41, 5.74) is 1.68. The van der Waals surface area contributed by atoms with Crippen LogP contribution in [0, 0.1) is 0 Å². The largest absolute Gasteiger partial charge is 0.480 e. The molecule has 6 nitrogen and oxygen atoms in total. The summed E-state index contributed by atoms with van der Waals surface area (Å²) in [6.07, 6.45) is 16.2. The van der Waals surface area contributed by atoms with Crippen LogP contribution in [0.4, 0.5) is 0 Å². The van der Waals surface area contributed by atoms with Gasteiger partial charge in [-0.25, -0.2) is 0 Å². The van der Waals surface area contributed by atoms with Crippen LogP contribution in [0.2, 0.25) is 0 Å². The standard InChI is InChI=1S/C45H36O6/c46-40(47)43(22-16-34(17-23-43)31-10-4-1-5-11-31)37-28-38(44(41(48)49)24-18-35(19-25-44)32-12-6-2-7-13-32)30-39(29-37)45(42(50)51)26-20-36(21-27-45)33-14-8-3-9-15-33/h1-22,24,26,28-30H,23,25,27H2,(H,46,47)(H,48,49)(H,50,51). The molecule has 4 aromatic rings. The fraction of sp³-hybridized carbons (Fsp3) is 0.133. The lowest BCUT2D eigenvalue weighted by Gasteiger charge is -2.36. The van der Waals surface area contributed by atoms with Gasteiger partial charge in [0.1, 0.15) is 16.2 Å². The summed E-state index contributed by atoms with van der Waals surface area (Å²) in [5, 5.41) is 32.7. The predicted octanol–water partition coefficient (Wildman–Crippen LogP) is 8.78. The summed E-state index contributed by atoms with van der Waals surface area (Å²) in [7, 11) is 0. The van der Waals surface area contributed by atoms with Crippen LogP contribution in [0.15, 0.2) is 164 Å². The van der Waals surface area contributed by atoms with Gasteiger partial charge in [0.15, 0.2) is 0 Å². The molecule has 6 heteroatoms. The van der Waals surface area contributed by atoms with E-state index in [1.165, 1.54) is 0 Å². The minimum absolute atomic E-state index is 0.0912. The Balaban J connectivity index is 1.39. The van der Waals surface area contributed by atoms with Crippen LogP contribution >= 0.6 is 0 Å². The van der Waals surface area contributed by atoms with Gasteiger partial charge in [0.25, 0.3) is 0 Å². The van der Waals surface area contributed by atoms with Crippen molar-refractivity contribution in [2.45, 2.75) is 35.5 Å². The number of hydrogen-bond donors (Lipinski definition) is 3. The van der Waals surface area contributed by atoms with E-state index in [4.69, 9.17) is 0 Å². The first-order chi connectivity index (χ1) is 24.7. The van der Waals surface area contributed by atoms with E-state index in [0.717, 1.165) is 33.4 Å². The van der Waals surface area contributed by atoms with Gasteiger partial charge < -0.3 is 15.3 Å². The van der Waals surface area contributed by atoms with Gasteiger partial charge in [-0.1, -0.05) is 164 Å². The van der Waals surface area contributed by atoms with Crippen LogP contribution in [0.3, 0.4) is 0 Å². The van der Waals surface area contributed by atoms with Gasteiger partial charge in [-0.05, 0) is 69.4 Å².